The number of hydrogen-bond acceptors (Lipinski definition) is 4. The van der Waals surface area contributed by atoms with E-state index >= 15 is 0 Å². The van der Waals surface area contributed by atoms with Crippen LogP contribution in [-0.2, 0) is 11.2 Å². The van der Waals surface area contributed by atoms with Crippen LogP contribution < -0.4 is 5.32 Å². The summed E-state index contributed by atoms with van der Waals surface area (Å²) >= 11 is 0. The molecule has 1 aliphatic rings. The molecule has 3 rings (SSSR count). The molecular weight excluding hydrogens is 302 g/mol. The number of carbonyl (C=O) groups excluding carboxylic acids is 1. The predicted molar refractivity (Wildman–Crippen MR) is 92.8 cm³/mol. The van der Waals surface area contributed by atoms with E-state index in [1.165, 1.54) is 32.1 Å². The van der Waals surface area contributed by atoms with Gasteiger partial charge < -0.3 is 5.32 Å². The molecule has 0 atom stereocenters. The number of aryl methyl sites for hydroxylation is 2. The van der Waals surface area contributed by atoms with Crippen molar-refractivity contribution in [3.05, 3.63) is 23.1 Å². The van der Waals surface area contributed by atoms with Gasteiger partial charge in [0.25, 0.3) is 0 Å². The van der Waals surface area contributed by atoms with Crippen molar-refractivity contribution in [1.82, 2.24) is 25.1 Å². The van der Waals surface area contributed by atoms with Crippen LogP contribution in [0.3, 0.4) is 0 Å². The summed E-state index contributed by atoms with van der Waals surface area (Å²) in [5.41, 5.74) is 3.90. The van der Waals surface area contributed by atoms with Crippen molar-refractivity contribution in [1.29, 1.82) is 0 Å². The molecule has 0 saturated heterocycles. The summed E-state index contributed by atoms with van der Waals surface area (Å²) in [5, 5.41) is 15.7. The zero-order valence-corrected chi connectivity index (χ0v) is 14.7. The average molecular weight is 329 g/mol. The number of nitrogens with zero attached hydrogens (tertiary/aromatic N) is 4. The molecule has 1 N–H and O–H groups in total. The van der Waals surface area contributed by atoms with E-state index in [1.807, 2.05) is 13.8 Å². The van der Waals surface area contributed by atoms with Crippen LogP contribution in [0.2, 0.25) is 0 Å². The van der Waals surface area contributed by atoms with Crippen molar-refractivity contribution in [2.24, 2.45) is 0 Å². The van der Waals surface area contributed by atoms with Gasteiger partial charge in [-0.15, -0.1) is 10.2 Å². The zero-order chi connectivity index (χ0) is 16.9. The molecule has 1 saturated carbocycles. The maximum absolute atomic E-state index is 12.4. The fourth-order valence-corrected chi connectivity index (χ4v) is 3.69. The molecule has 0 radical (unpaired) electrons. The minimum Gasteiger partial charge on any atom is -0.353 e. The molecule has 1 amide bonds. The molecule has 130 valence electrons. The standard InChI is InChI=1S/C18H27N5O/c1-13-16(14(2)22-23-12-19-21-18(13)23)10-11-17(24)20-15-8-6-4-3-5-7-9-15/h12,15H,3-11H2,1-2H3,(H,20,24). The average Bonchev–Trinajstić information content (AvgIpc) is 2.98. The molecule has 0 unspecified atom stereocenters. The van der Waals surface area contributed by atoms with Crippen LogP contribution in [-0.4, -0.2) is 31.8 Å². The maximum atomic E-state index is 12.4. The molecule has 1 aliphatic carbocycles. The van der Waals surface area contributed by atoms with Crippen LogP contribution in [0.4, 0.5) is 0 Å². The van der Waals surface area contributed by atoms with Gasteiger partial charge in [-0.3, -0.25) is 4.79 Å². The number of nitrogens with one attached hydrogen (secondary N) is 1. The van der Waals surface area contributed by atoms with Crippen molar-refractivity contribution in [2.75, 3.05) is 0 Å². The predicted octanol–water partition coefficient (Wildman–Crippen LogP) is 2.90. The first kappa shape index (κ1) is 16.9. The highest BCUT2D eigenvalue weighted by atomic mass is 16.1. The topological polar surface area (TPSA) is 72.2 Å². The molecule has 6 nitrogen and oxygen atoms in total. The second-order valence-electron chi connectivity index (χ2n) is 6.90. The Morgan fingerprint density at radius 3 is 2.67 bits per heavy atom. The molecule has 0 spiro atoms. The van der Waals surface area contributed by atoms with Crippen LogP contribution in [0, 0.1) is 13.8 Å². The van der Waals surface area contributed by atoms with Gasteiger partial charge in [-0.25, -0.2) is 4.52 Å². The van der Waals surface area contributed by atoms with Crippen molar-refractivity contribution >= 4 is 11.6 Å². The first-order valence-corrected chi connectivity index (χ1v) is 9.10. The normalized spacial score (nSPS) is 16.8. The number of hydrogen-bond donors (Lipinski definition) is 1. The quantitative estimate of drug-likeness (QED) is 0.936. The van der Waals surface area contributed by atoms with Crippen LogP contribution in [0.25, 0.3) is 5.65 Å². The molecule has 0 bridgehead atoms. The van der Waals surface area contributed by atoms with Crippen molar-refractivity contribution < 1.29 is 4.79 Å². The highest BCUT2D eigenvalue weighted by Gasteiger charge is 2.16. The zero-order valence-electron chi connectivity index (χ0n) is 14.7. The molecule has 24 heavy (non-hydrogen) atoms. The summed E-state index contributed by atoms with van der Waals surface area (Å²) < 4.78 is 1.70. The van der Waals surface area contributed by atoms with Gasteiger partial charge in [0.05, 0.1) is 5.69 Å². The monoisotopic (exact) mass is 329 g/mol. The van der Waals surface area contributed by atoms with Gasteiger partial charge in [-0.2, -0.15) is 5.10 Å². The third kappa shape index (κ3) is 3.91. The van der Waals surface area contributed by atoms with E-state index < -0.39 is 0 Å². The molecule has 0 aromatic carbocycles. The van der Waals surface area contributed by atoms with Gasteiger partial charge in [0, 0.05) is 18.0 Å². The fraction of sp³-hybridized carbons (Fsp3) is 0.667. The Bertz CT molecular complexity index is 701. The molecule has 2 heterocycles. The van der Waals surface area contributed by atoms with E-state index in [1.54, 1.807) is 10.8 Å². The third-order valence-electron chi connectivity index (χ3n) is 5.09. The molecule has 6 heteroatoms. The van der Waals surface area contributed by atoms with Crippen molar-refractivity contribution in [3.63, 3.8) is 0 Å². The van der Waals surface area contributed by atoms with Gasteiger partial charge in [-0.05, 0) is 38.7 Å². The van der Waals surface area contributed by atoms with Crippen molar-refractivity contribution in [2.45, 2.75) is 77.7 Å². The molecule has 1 fully saturated rings. The highest BCUT2D eigenvalue weighted by Crippen LogP contribution is 2.19. The van der Waals surface area contributed by atoms with Crippen LogP contribution >= 0.6 is 0 Å². The molecule has 0 aliphatic heterocycles. The highest BCUT2D eigenvalue weighted by molar-refractivity contribution is 5.76. The Morgan fingerprint density at radius 2 is 1.92 bits per heavy atom. The summed E-state index contributed by atoms with van der Waals surface area (Å²) in [6, 6.07) is 0.358. The van der Waals surface area contributed by atoms with E-state index in [9.17, 15) is 4.79 Å². The molecule has 2 aromatic rings. The van der Waals surface area contributed by atoms with E-state index in [2.05, 4.69) is 20.6 Å². The lowest BCUT2D eigenvalue weighted by Gasteiger charge is -2.21. The summed E-state index contributed by atoms with van der Waals surface area (Å²) in [7, 11) is 0. The Morgan fingerprint density at radius 1 is 1.21 bits per heavy atom. The number of amides is 1. The van der Waals surface area contributed by atoms with Crippen molar-refractivity contribution in [3.8, 4) is 0 Å². The van der Waals surface area contributed by atoms with E-state index in [-0.39, 0.29) is 5.91 Å². The maximum Gasteiger partial charge on any atom is 0.220 e. The lowest BCUT2D eigenvalue weighted by atomic mass is 9.96. The van der Waals surface area contributed by atoms with Crippen LogP contribution in [0.5, 0.6) is 0 Å². The summed E-state index contributed by atoms with van der Waals surface area (Å²) in [6.45, 7) is 4.01. The van der Waals surface area contributed by atoms with Crippen LogP contribution in [0.15, 0.2) is 6.33 Å². The Kier molecular flexibility index (Phi) is 5.43. The first-order valence-electron chi connectivity index (χ1n) is 9.10. The number of rotatable bonds is 4. The van der Waals surface area contributed by atoms with E-state index in [4.69, 9.17) is 0 Å². The Labute approximate surface area is 143 Å². The SMILES string of the molecule is Cc1nn2cnnc2c(C)c1CCC(=O)NC1CCCCCCC1. The Balaban J connectivity index is 1.59. The van der Waals surface area contributed by atoms with Gasteiger partial charge in [0.1, 0.15) is 6.33 Å². The second-order valence-corrected chi connectivity index (χ2v) is 6.90. The van der Waals surface area contributed by atoms with Crippen LogP contribution in [0.1, 0.15) is 68.2 Å². The smallest absolute Gasteiger partial charge is 0.220 e. The van der Waals surface area contributed by atoms with Gasteiger partial charge in [-0.1, -0.05) is 32.1 Å². The Hall–Kier alpha value is -1.98. The lowest BCUT2D eigenvalue weighted by Crippen LogP contribution is -2.35. The molecule has 2 aromatic heterocycles. The van der Waals surface area contributed by atoms with E-state index in [0.29, 0.717) is 18.9 Å². The largest absolute Gasteiger partial charge is 0.353 e. The van der Waals surface area contributed by atoms with Gasteiger partial charge >= 0.3 is 0 Å². The lowest BCUT2D eigenvalue weighted by molar-refractivity contribution is -0.121. The minimum absolute atomic E-state index is 0.153. The van der Waals surface area contributed by atoms with E-state index in [0.717, 1.165) is 35.3 Å². The summed E-state index contributed by atoms with van der Waals surface area (Å²) in [5.74, 6) is 0.153. The van der Waals surface area contributed by atoms with Gasteiger partial charge in [0.15, 0.2) is 5.65 Å². The summed E-state index contributed by atoms with van der Waals surface area (Å²) in [4.78, 5) is 12.4. The fourth-order valence-electron chi connectivity index (χ4n) is 3.69. The number of carbonyl (C=O) groups is 1. The second kappa shape index (κ2) is 7.73. The van der Waals surface area contributed by atoms with Gasteiger partial charge in [0.2, 0.25) is 5.91 Å². The number of fused-ring (bicyclic) bond motifs is 1. The molecular formula is C18H27N5O. The summed E-state index contributed by atoms with van der Waals surface area (Å²) in [6.07, 6.45) is 11.5. The number of aromatic nitrogens is 4. The third-order valence-corrected chi connectivity index (χ3v) is 5.09. The minimum atomic E-state index is 0.153. The first-order chi connectivity index (χ1) is 11.6.